The van der Waals surface area contributed by atoms with Crippen LogP contribution in [-0.4, -0.2) is 46.4 Å². The summed E-state index contributed by atoms with van der Waals surface area (Å²) >= 11 is 0. The van der Waals surface area contributed by atoms with Crippen LogP contribution in [0.15, 0.2) is 54.6 Å². The van der Waals surface area contributed by atoms with Crippen LogP contribution in [0.3, 0.4) is 0 Å². The van der Waals surface area contributed by atoms with E-state index in [1.165, 1.54) is 0 Å². The summed E-state index contributed by atoms with van der Waals surface area (Å²) in [6.07, 6.45) is 4.06. The molecular weight excluding hydrogens is 580 g/mol. The van der Waals surface area contributed by atoms with Crippen molar-refractivity contribution in [3.8, 4) is 34.5 Å². The van der Waals surface area contributed by atoms with Gasteiger partial charge in [0, 0.05) is 38.1 Å². The van der Waals surface area contributed by atoms with Gasteiger partial charge >= 0.3 is 0 Å². The predicted molar refractivity (Wildman–Crippen MR) is 177 cm³/mol. The fourth-order valence-corrected chi connectivity index (χ4v) is 9.69. The Balaban J connectivity index is 1.62. The molecule has 0 heterocycles. The number of ketones is 1. The molecule has 46 heavy (non-hydrogen) atoms. The van der Waals surface area contributed by atoms with E-state index in [9.17, 15) is 5.11 Å². The minimum absolute atomic E-state index is 0.0865. The first-order valence-corrected chi connectivity index (χ1v) is 15.3. The van der Waals surface area contributed by atoms with Crippen molar-refractivity contribution in [2.45, 2.75) is 11.3 Å². The van der Waals surface area contributed by atoms with Crippen LogP contribution in [0.2, 0.25) is 0 Å². The SMILES string of the molecule is COc1cc2cccc(O)c2c2c1[C@H]1C(=O)[C@H]3C=Cc4c(OC)c(OC)c5ccc6c(OC)cc7c(OC)cc1c1c7c6c5c4[C@]213. The normalized spacial score (nSPS) is 20.8. The lowest BCUT2D eigenvalue weighted by molar-refractivity contribution is -0.124. The number of carbonyl (C=O) groups is 1. The molecule has 0 saturated carbocycles. The predicted octanol–water partition coefficient (Wildman–Crippen LogP) is 7.37. The number of carbonyl (C=O) groups excluding carboxylic acids is 1. The highest BCUT2D eigenvalue weighted by Gasteiger charge is 2.64. The number of ether oxygens (including phenoxy) is 5. The number of methoxy groups -OCH3 is 5. The van der Waals surface area contributed by atoms with Gasteiger partial charge in [-0.15, -0.1) is 0 Å². The van der Waals surface area contributed by atoms with E-state index in [0.29, 0.717) is 23.0 Å². The van der Waals surface area contributed by atoms with E-state index in [1.807, 2.05) is 42.5 Å². The Kier molecular flexibility index (Phi) is 4.63. The highest BCUT2D eigenvalue weighted by Crippen LogP contribution is 2.72. The first-order valence-electron chi connectivity index (χ1n) is 15.3. The Morgan fingerprint density at radius 2 is 1.39 bits per heavy atom. The van der Waals surface area contributed by atoms with Crippen LogP contribution >= 0.6 is 0 Å². The topological polar surface area (TPSA) is 83.5 Å². The third-order valence-corrected chi connectivity index (χ3v) is 11.1. The molecule has 0 unspecified atom stereocenters. The van der Waals surface area contributed by atoms with Crippen LogP contribution in [0.5, 0.6) is 34.5 Å². The third kappa shape index (κ3) is 2.47. The quantitative estimate of drug-likeness (QED) is 0.205. The third-order valence-electron chi connectivity index (χ3n) is 11.1. The number of aromatic hydroxyl groups is 1. The Labute approximate surface area is 263 Å². The minimum atomic E-state index is -1.01. The molecule has 1 N–H and O–H groups in total. The number of hydrogen-bond donors (Lipinski definition) is 1. The first-order chi connectivity index (χ1) is 22.5. The zero-order valence-electron chi connectivity index (χ0n) is 25.8. The van der Waals surface area contributed by atoms with Gasteiger partial charge in [-0.25, -0.2) is 0 Å². The highest BCUT2D eigenvalue weighted by atomic mass is 16.5. The number of hydrogen-bond acceptors (Lipinski definition) is 7. The van der Waals surface area contributed by atoms with Crippen LogP contribution in [0.25, 0.3) is 49.2 Å². The van der Waals surface area contributed by atoms with Crippen LogP contribution < -0.4 is 23.7 Å². The summed E-state index contributed by atoms with van der Waals surface area (Å²) < 4.78 is 30.5. The van der Waals surface area contributed by atoms with Crippen molar-refractivity contribution in [1.29, 1.82) is 0 Å². The lowest BCUT2D eigenvalue weighted by Gasteiger charge is -2.57. The van der Waals surface area contributed by atoms with Crippen LogP contribution in [-0.2, 0) is 10.2 Å². The number of allylic oxidation sites excluding steroid dienone is 1. The molecular formula is C39H28O7. The summed E-state index contributed by atoms with van der Waals surface area (Å²) in [6, 6.07) is 15.7. The molecule has 5 aliphatic carbocycles. The van der Waals surface area contributed by atoms with Gasteiger partial charge in [0.25, 0.3) is 0 Å². The van der Waals surface area contributed by atoms with E-state index in [0.717, 1.165) is 82.2 Å². The number of phenolic OH excluding ortho intramolecular Hbond substituents is 1. The van der Waals surface area contributed by atoms with E-state index < -0.39 is 17.3 Å². The second-order valence-corrected chi connectivity index (χ2v) is 12.5. The van der Waals surface area contributed by atoms with E-state index in [2.05, 4.69) is 12.1 Å². The van der Waals surface area contributed by atoms with Crippen LogP contribution in [0.1, 0.15) is 39.3 Å². The standard InChI is InChI=1S/C39H28O7/c1-42-24-14-20-25(43-2)15-21-31-32-26(44-3)13-16-7-6-8-23(40)27(16)35(32)39-22(36(31)41)12-11-19-33(39)29-18(37(45-4)38(19)46-5)10-9-17(24)28(29)30(20)34(21)39/h6-15,22,31,40H,1-5H3/t22-,31+,39+/m1/s1. The van der Waals surface area contributed by atoms with E-state index in [-0.39, 0.29) is 11.5 Å². The number of phenols is 1. The van der Waals surface area contributed by atoms with Gasteiger partial charge < -0.3 is 28.8 Å². The lowest BCUT2D eigenvalue weighted by Crippen LogP contribution is -2.55. The van der Waals surface area contributed by atoms with Crippen molar-refractivity contribution in [1.82, 2.24) is 0 Å². The number of fused-ring (bicyclic) bond motifs is 1. The highest BCUT2D eigenvalue weighted by molar-refractivity contribution is 6.31. The van der Waals surface area contributed by atoms with Gasteiger partial charge in [0.1, 0.15) is 23.0 Å². The average Bonchev–Trinajstić information content (AvgIpc) is 3.08. The smallest absolute Gasteiger partial charge is 0.169 e. The molecule has 7 heteroatoms. The molecule has 3 atom stereocenters. The van der Waals surface area contributed by atoms with Crippen molar-refractivity contribution in [3.63, 3.8) is 0 Å². The Hall–Kier alpha value is -5.43. The summed E-state index contributed by atoms with van der Waals surface area (Å²) in [5.41, 5.74) is 4.47. The van der Waals surface area contributed by atoms with Gasteiger partial charge in [-0.2, -0.15) is 0 Å². The summed E-state index contributed by atoms with van der Waals surface area (Å²) in [4.78, 5) is 15.0. The average molecular weight is 609 g/mol. The second kappa shape index (κ2) is 8.23. The summed E-state index contributed by atoms with van der Waals surface area (Å²) in [5, 5.41) is 19.0. The number of Topliss-reactive ketones (excluding diaryl/α,β-unsaturated/α-hetero) is 1. The molecule has 0 fully saturated rings. The van der Waals surface area contributed by atoms with E-state index in [4.69, 9.17) is 23.7 Å². The van der Waals surface area contributed by atoms with Crippen molar-refractivity contribution >= 4 is 54.9 Å². The van der Waals surface area contributed by atoms with Gasteiger partial charge in [0.05, 0.1) is 52.8 Å². The van der Waals surface area contributed by atoms with Gasteiger partial charge in [0.2, 0.25) is 0 Å². The van der Waals surface area contributed by atoms with Gasteiger partial charge in [0.15, 0.2) is 17.3 Å². The van der Waals surface area contributed by atoms with E-state index in [1.54, 1.807) is 41.6 Å². The zero-order valence-corrected chi connectivity index (χ0v) is 25.8. The molecule has 6 aromatic carbocycles. The molecule has 11 rings (SSSR count). The molecule has 0 radical (unpaired) electrons. The van der Waals surface area contributed by atoms with Crippen molar-refractivity contribution < 1.29 is 33.6 Å². The van der Waals surface area contributed by atoms with E-state index >= 15 is 4.79 Å². The molecule has 0 aromatic heterocycles. The van der Waals surface area contributed by atoms with Crippen molar-refractivity contribution in [2.75, 3.05) is 35.5 Å². The molecule has 7 nitrogen and oxygen atoms in total. The van der Waals surface area contributed by atoms with Crippen molar-refractivity contribution in [3.05, 3.63) is 88.0 Å². The number of rotatable bonds is 5. The second-order valence-electron chi connectivity index (χ2n) is 12.5. The Morgan fingerprint density at radius 3 is 2.13 bits per heavy atom. The maximum Gasteiger partial charge on any atom is 0.169 e. The summed E-state index contributed by atoms with van der Waals surface area (Å²) in [7, 11) is 8.30. The van der Waals surface area contributed by atoms with Crippen LogP contribution in [0.4, 0.5) is 0 Å². The fourth-order valence-electron chi connectivity index (χ4n) is 9.69. The van der Waals surface area contributed by atoms with Crippen LogP contribution in [0, 0.1) is 5.92 Å². The van der Waals surface area contributed by atoms with Gasteiger partial charge in [-0.3, -0.25) is 4.79 Å². The molecule has 1 spiro atoms. The monoisotopic (exact) mass is 608 g/mol. The molecule has 226 valence electrons. The van der Waals surface area contributed by atoms with Gasteiger partial charge in [-0.05, 0) is 74.8 Å². The van der Waals surface area contributed by atoms with Crippen molar-refractivity contribution in [2.24, 2.45) is 5.92 Å². The Morgan fingerprint density at radius 1 is 0.674 bits per heavy atom. The first kappa shape index (κ1) is 25.9. The summed E-state index contributed by atoms with van der Waals surface area (Å²) in [5.74, 6) is 2.32. The maximum atomic E-state index is 15.0. The molecule has 0 saturated heterocycles. The molecule has 0 aliphatic heterocycles. The molecule has 0 amide bonds. The minimum Gasteiger partial charge on any atom is -0.507 e. The lowest BCUT2D eigenvalue weighted by atomic mass is 9.43. The van der Waals surface area contributed by atoms with Gasteiger partial charge in [-0.1, -0.05) is 24.3 Å². The molecule has 6 aromatic rings. The largest absolute Gasteiger partial charge is 0.507 e. The Bertz CT molecular complexity index is 2510. The zero-order chi connectivity index (χ0) is 31.4. The summed E-state index contributed by atoms with van der Waals surface area (Å²) in [6.45, 7) is 0. The molecule has 2 bridgehead atoms. The maximum absolute atomic E-state index is 15.0. The molecule has 5 aliphatic rings. The number of benzene rings is 6. The fraction of sp³-hybridized carbons (Fsp3) is 0.205.